The molecule has 120 valence electrons. The first kappa shape index (κ1) is 16.4. The van der Waals surface area contributed by atoms with Gasteiger partial charge in [-0.15, -0.1) is 0 Å². The van der Waals surface area contributed by atoms with E-state index in [1.807, 2.05) is 0 Å². The average Bonchev–Trinajstić information content (AvgIpc) is 2.54. The summed E-state index contributed by atoms with van der Waals surface area (Å²) >= 11 is 0. The molecule has 1 aromatic carbocycles. The largest absolute Gasteiger partial charge is 0.471 e. The lowest BCUT2D eigenvalue weighted by Crippen LogP contribution is -2.31. The van der Waals surface area contributed by atoms with E-state index in [0.717, 1.165) is 7.11 Å². The highest BCUT2D eigenvalue weighted by molar-refractivity contribution is 6.00. The molecule has 0 saturated carbocycles. The van der Waals surface area contributed by atoms with Gasteiger partial charge >= 0.3 is 18.1 Å². The molecule has 0 radical (unpaired) electrons. The highest BCUT2D eigenvalue weighted by atomic mass is 19.4. The van der Waals surface area contributed by atoms with E-state index in [-0.39, 0.29) is 5.69 Å². The first-order chi connectivity index (χ1) is 10.8. The van der Waals surface area contributed by atoms with Crippen LogP contribution in [0.15, 0.2) is 36.5 Å². The van der Waals surface area contributed by atoms with Crippen molar-refractivity contribution in [3.63, 3.8) is 0 Å². The number of esters is 1. The zero-order valence-corrected chi connectivity index (χ0v) is 11.7. The fraction of sp³-hybridized carbons (Fsp3) is 0.143. The Kier molecular flexibility index (Phi) is 4.58. The van der Waals surface area contributed by atoms with Crippen molar-refractivity contribution in [2.45, 2.75) is 6.18 Å². The van der Waals surface area contributed by atoms with Gasteiger partial charge in [-0.1, -0.05) is 30.3 Å². The van der Waals surface area contributed by atoms with Gasteiger partial charge in [-0.2, -0.15) is 13.2 Å². The maximum absolute atomic E-state index is 12.4. The van der Waals surface area contributed by atoms with Gasteiger partial charge in [0, 0.05) is 5.56 Å². The molecular formula is C14H10F3N3O3. The van der Waals surface area contributed by atoms with Crippen LogP contribution in [0.3, 0.4) is 0 Å². The van der Waals surface area contributed by atoms with Crippen LogP contribution in [-0.4, -0.2) is 35.1 Å². The third kappa shape index (κ3) is 3.82. The summed E-state index contributed by atoms with van der Waals surface area (Å²) in [6.07, 6.45) is -3.93. The number of nitrogens with zero attached hydrogens (tertiary/aromatic N) is 2. The predicted octanol–water partition coefficient (Wildman–Crippen LogP) is 2.43. The Hall–Kier alpha value is -2.97. The van der Waals surface area contributed by atoms with Crippen LogP contribution in [-0.2, 0) is 9.53 Å². The molecule has 0 saturated heterocycles. The molecule has 0 spiro atoms. The van der Waals surface area contributed by atoms with Gasteiger partial charge in [0.1, 0.15) is 0 Å². The minimum Gasteiger partial charge on any atom is -0.464 e. The number of methoxy groups -OCH3 is 1. The summed E-state index contributed by atoms with van der Waals surface area (Å²) in [5.74, 6) is -3.91. The maximum atomic E-state index is 12.4. The Morgan fingerprint density at radius 3 is 2.39 bits per heavy atom. The monoisotopic (exact) mass is 325 g/mol. The smallest absolute Gasteiger partial charge is 0.464 e. The number of amides is 1. The van der Waals surface area contributed by atoms with E-state index >= 15 is 0 Å². The Bertz CT molecular complexity index is 733. The average molecular weight is 325 g/mol. The normalized spacial score (nSPS) is 11.0. The van der Waals surface area contributed by atoms with Crippen molar-refractivity contribution in [2.75, 3.05) is 12.4 Å². The van der Waals surface area contributed by atoms with E-state index in [2.05, 4.69) is 14.7 Å². The Morgan fingerprint density at radius 2 is 1.83 bits per heavy atom. The molecule has 23 heavy (non-hydrogen) atoms. The molecule has 0 atom stereocenters. The number of ether oxygens (including phenoxy) is 1. The molecule has 1 amide bonds. The Labute approximate surface area is 128 Å². The molecule has 0 bridgehead atoms. The van der Waals surface area contributed by atoms with E-state index < -0.39 is 29.6 Å². The number of benzene rings is 1. The lowest BCUT2D eigenvalue weighted by molar-refractivity contribution is -0.167. The molecule has 0 fully saturated rings. The van der Waals surface area contributed by atoms with Crippen molar-refractivity contribution in [1.29, 1.82) is 0 Å². The number of alkyl halides is 3. The molecular weight excluding hydrogens is 315 g/mol. The Balaban J connectivity index is 2.47. The van der Waals surface area contributed by atoms with Crippen molar-refractivity contribution < 1.29 is 27.5 Å². The number of halogens is 3. The molecule has 0 aliphatic carbocycles. The van der Waals surface area contributed by atoms with Crippen LogP contribution in [0.4, 0.5) is 19.0 Å². The van der Waals surface area contributed by atoms with Gasteiger partial charge < -0.3 is 10.1 Å². The van der Waals surface area contributed by atoms with Crippen molar-refractivity contribution in [3.8, 4) is 11.3 Å². The number of hydrogen-bond acceptors (Lipinski definition) is 5. The molecule has 6 nitrogen and oxygen atoms in total. The van der Waals surface area contributed by atoms with Gasteiger partial charge in [0.15, 0.2) is 11.5 Å². The second-order valence-corrected chi connectivity index (χ2v) is 4.26. The van der Waals surface area contributed by atoms with Gasteiger partial charge in [0.05, 0.1) is 19.0 Å². The highest BCUT2D eigenvalue weighted by Crippen LogP contribution is 2.23. The summed E-state index contributed by atoms with van der Waals surface area (Å²) in [7, 11) is 1.03. The minimum absolute atomic E-state index is 0.190. The fourth-order valence-electron chi connectivity index (χ4n) is 1.65. The molecule has 0 unspecified atom stereocenters. The van der Waals surface area contributed by atoms with Crippen LogP contribution in [0.5, 0.6) is 0 Å². The number of carbonyl (C=O) groups excluding carboxylic acids is 2. The zero-order chi connectivity index (χ0) is 17.0. The Morgan fingerprint density at radius 1 is 1.17 bits per heavy atom. The van der Waals surface area contributed by atoms with E-state index in [1.54, 1.807) is 30.3 Å². The number of anilines is 1. The van der Waals surface area contributed by atoms with Gasteiger partial charge in [0.25, 0.3) is 0 Å². The first-order valence-corrected chi connectivity index (χ1v) is 6.22. The first-order valence-electron chi connectivity index (χ1n) is 6.22. The molecule has 1 heterocycles. The highest BCUT2D eigenvalue weighted by Gasteiger charge is 2.39. The van der Waals surface area contributed by atoms with E-state index in [9.17, 15) is 22.8 Å². The summed E-state index contributed by atoms with van der Waals surface area (Å²) in [6, 6.07) is 8.43. The minimum atomic E-state index is -5.13. The van der Waals surface area contributed by atoms with Gasteiger partial charge in [-0.25, -0.2) is 14.8 Å². The summed E-state index contributed by atoms with van der Waals surface area (Å²) in [4.78, 5) is 30.3. The second kappa shape index (κ2) is 6.42. The van der Waals surface area contributed by atoms with E-state index in [4.69, 9.17) is 0 Å². The van der Waals surface area contributed by atoms with Crippen LogP contribution in [0.2, 0.25) is 0 Å². The molecule has 2 rings (SSSR count). The van der Waals surface area contributed by atoms with Crippen molar-refractivity contribution in [3.05, 3.63) is 42.2 Å². The standard InChI is InChI=1S/C14H10F3N3O3/c1-23-12(21)10-11(20-13(22)14(15,16)17)19-9(7-18-10)8-5-3-2-4-6-8/h2-7H,1H3,(H,19,20,22). The van der Waals surface area contributed by atoms with Crippen molar-refractivity contribution in [1.82, 2.24) is 9.97 Å². The second-order valence-electron chi connectivity index (χ2n) is 4.26. The molecule has 2 aromatic rings. The van der Waals surface area contributed by atoms with Crippen LogP contribution >= 0.6 is 0 Å². The van der Waals surface area contributed by atoms with Crippen molar-refractivity contribution >= 4 is 17.7 Å². The number of hydrogen-bond donors (Lipinski definition) is 1. The molecule has 1 N–H and O–H groups in total. The van der Waals surface area contributed by atoms with Crippen molar-refractivity contribution in [2.24, 2.45) is 0 Å². The summed E-state index contributed by atoms with van der Waals surface area (Å²) in [6.45, 7) is 0. The van der Waals surface area contributed by atoms with E-state index in [0.29, 0.717) is 5.56 Å². The summed E-state index contributed by atoms with van der Waals surface area (Å²) < 4.78 is 41.6. The molecule has 0 aliphatic heterocycles. The maximum Gasteiger partial charge on any atom is 0.471 e. The summed E-state index contributed by atoms with van der Waals surface area (Å²) in [5, 5.41) is 1.54. The molecule has 0 aliphatic rings. The van der Waals surface area contributed by atoms with Gasteiger partial charge in [-0.05, 0) is 0 Å². The summed E-state index contributed by atoms with van der Waals surface area (Å²) in [5.41, 5.74) is 0.222. The molecule has 9 heteroatoms. The van der Waals surface area contributed by atoms with Gasteiger partial charge in [0.2, 0.25) is 0 Å². The quantitative estimate of drug-likeness (QED) is 0.877. The molecule has 1 aromatic heterocycles. The number of carbonyl (C=O) groups is 2. The zero-order valence-electron chi connectivity index (χ0n) is 11.7. The number of rotatable bonds is 3. The third-order valence-corrected chi connectivity index (χ3v) is 2.71. The topological polar surface area (TPSA) is 81.2 Å². The fourth-order valence-corrected chi connectivity index (χ4v) is 1.65. The lowest BCUT2D eigenvalue weighted by atomic mass is 10.1. The predicted molar refractivity (Wildman–Crippen MR) is 73.5 cm³/mol. The van der Waals surface area contributed by atoms with Crippen LogP contribution < -0.4 is 5.32 Å². The van der Waals surface area contributed by atoms with E-state index in [1.165, 1.54) is 11.5 Å². The van der Waals surface area contributed by atoms with Crippen LogP contribution in [0, 0.1) is 0 Å². The number of aromatic nitrogens is 2. The SMILES string of the molecule is COC(=O)c1ncc(-c2ccccc2)nc1NC(=O)C(F)(F)F. The third-order valence-electron chi connectivity index (χ3n) is 2.71. The van der Waals surface area contributed by atoms with Crippen LogP contribution in [0.1, 0.15) is 10.5 Å². The number of nitrogens with one attached hydrogen (secondary N) is 1. The lowest BCUT2D eigenvalue weighted by Gasteiger charge is -2.11. The van der Waals surface area contributed by atoms with Gasteiger partial charge in [-0.3, -0.25) is 4.79 Å². The van der Waals surface area contributed by atoms with Crippen LogP contribution in [0.25, 0.3) is 11.3 Å².